The molecule has 0 atom stereocenters. The maximum atomic E-state index is 11.1. The molecule has 3 aliphatic rings. The highest BCUT2D eigenvalue weighted by Crippen LogP contribution is 2.43. The lowest BCUT2D eigenvalue weighted by Crippen LogP contribution is -2.41. The number of fused-ring (bicyclic) bond motifs is 6. The number of benzene rings is 8. The number of aldehydes is 2. The highest BCUT2D eigenvalue weighted by Gasteiger charge is 2.63. The molecule has 3 heterocycles. The fraction of sp³-hybridized carbons (Fsp3) is 0.333. The third-order valence-corrected chi connectivity index (χ3v) is 16.5. The van der Waals surface area contributed by atoms with Crippen LogP contribution in [0.2, 0.25) is 10.0 Å². The number of aryl methyl sites for hydroxylation is 3. The van der Waals surface area contributed by atoms with Crippen molar-refractivity contribution < 1.29 is 44.4 Å². The quantitative estimate of drug-likeness (QED) is 0.0743. The average Bonchev–Trinajstić information content (AvgIpc) is 3.90. The molecule has 8 aromatic carbocycles. The first-order valence-corrected chi connectivity index (χ1v) is 26.9. The molecule has 4 N–H and O–H groups in total. The summed E-state index contributed by atoms with van der Waals surface area (Å²) in [5.41, 5.74) is 15.1. The zero-order valence-electron chi connectivity index (χ0n) is 48.1. The van der Waals surface area contributed by atoms with Gasteiger partial charge in [-0.1, -0.05) is 143 Å². The molecule has 0 aromatic heterocycles. The zero-order valence-corrected chi connectivity index (χ0v) is 49.6. The van der Waals surface area contributed by atoms with Crippen LogP contribution in [0.1, 0.15) is 122 Å². The number of hydrogen-bond acceptors (Lipinski definition) is 10. The second-order valence-corrected chi connectivity index (χ2v) is 24.2. The summed E-state index contributed by atoms with van der Waals surface area (Å²) in [7, 11) is -1.26. The first-order chi connectivity index (χ1) is 36.5. The summed E-state index contributed by atoms with van der Waals surface area (Å²) in [6.07, 6.45) is 1.54. The van der Waals surface area contributed by atoms with Gasteiger partial charge in [0, 0.05) is 22.6 Å². The Morgan fingerprint density at radius 2 is 0.696 bits per heavy atom. The molecule has 3 fully saturated rings. The van der Waals surface area contributed by atoms with Crippen molar-refractivity contribution in [2.75, 3.05) is 0 Å². The molecular weight excluding hydrogens is 1030 g/mol. The lowest BCUT2D eigenvalue weighted by Gasteiger charge is -2.32. The van der Waals surface area contributed by atoms with Gasteiger partial charge in [0.2, 0.25) is 0 Å². The number of carbonyl (C=O) groups excluding carboxylic acids is 2. The fourth-order valence-electron chi connectivity index (χ4n) is 9.40. The Hall–Kier alpha value is -5.77. The molecule has 0 radical (unpaired) electrons. The molecule has 0 saturated carbocycles. The van der Waals surface area contributed by atoms with E-state index in [1.165, 1.54) is 54.2 Å². The zero-order chi connectivity index (χ0) is 57.3. The monoisotopic (exact) mass is 1110 g/mol. The second kappa shape index (κ2) is 24.1. The van der Waals surface area contributed by atoms with Gasteiger partial charge in [-0.15, -0.1) is 0 Å². The van der Waals surface area contributed by atoms with E-state index in [0.29, 0.717) is 16.1 Å². The summed E-state index contributed by atoms with van der Waals surface area (Å²) in [5.74, 6) is 0. The summed E-state index contributed by atoms with van der Waals surface area (Å²) < 4.78 is 36.2. The van der Waals surface area contributed by atoms with Crippen LogP contribution < -0.4 is 5.46 Å². The van der Waals surface area contributed by atoms with E-state index < -0.39 is 14.0 Å². The topological polar surface area (TPSA) is 169 Å². The second-order valence-electron chi connectivity index (χ2n) is 23.3. The predicted molar refractivity (Wildman–Crippen MR) is 329 cm³/mol. The van der Waals surface area contributed by atoms with Crippen LogP contribution in [0.15, 0.2) is 133 Å². The Morgan fingerprint density at radius 3 is 1.13 bits per heavy atom. The molecular formula is C63H75B3Cl2N2O9. The Kier molecular flexibility index (Phi) is 19.1. The first-order valence-electron chi connectivity index (χ1n) is 26.2. The maximum absolute atomic E-state index is 11.1. The van der Waals surface area contributed by atoms with Gasteiger partial charge in [-0.25, -0.2) is 11.1 Å². The normalized spacial score (nSPS) is 17.8. The minimum absolute atomic E-state index is 0. The van der Waals surface area contributed by atoms with Crippen molar-refractivity contribution in [2.45, 2.75) is 137 Å². The van der Waals surface area contributed by atoms with Crippen molar-refractivity contribution in [2.24, 2.45) is 0 Å². The van der Waals surface area contributed by atoms with E-state index >= 15 is 0 Å². The van der Waals surface area contributed by atoms with Crippen molar-refractivity contribution in [1.29, 1.82) is 11.1 Å². The summed E-state index contributed by atoms with van der Waals surface area (Å²) >= 11 is 11.8. The molecule has 79 heavy (non-hydrogen) atoms. The minimum atomic E-state index is -0.476. The van der Waals surface area contributed by atoms with Gasteiger partial charge in [0.1, 0.15) is 0 Å². The summed E-state index contributed by atoms with van der Waals surface area (Å²) in [5, 5.41) is 11.4. The Labute approximate surface area is 478 Å². The molecule has 0 spiro atoms. The third-order valence-electron chi connectivity index (χ3n) is 16.0. The molecule has 0 bridgehead atoms. The molecule has 16 heteroatoms. The molecule has 3 saturated heterocycles. The predicted octanol–water partition coefficient (Wildman–Crippen LogP) is 15.8. The summed E-state index contributed by atoms with van der Waals surface area (Å²) in [4.78, 5) is 22.2. The lowest BCUT2D eigenvalue weighted by molar-refractivity contribution is 0.00578. The van der Waals surface area contributed by atoms with Crippen molar-refractivity contribution in [3.63, 3.8) is 0 Å². The smallest absolute Gasteiger partial charge is 0.412 e. The van der Waals surface area contributed by atoms with E-state index in [-0.39, 0.29) is 47.6 Å². The number of carbonyl (C=O) groups is 2. The van der Waals surface area contributed by atoms with Crippen LogP contribution in [0, 0.1) is 31.8 Å². The van der Waals surface area contributed by atoms with E-state index in [1.54, 1.807) is 24.3 Å². The van der Waals surface area contributed by atoms with Crippen molar-refractivity contribution >= 4 is 105 Å². The van der Waals surface area contributed by atoms with Crippen LogP contribution in [0.25, 0.3) is 54.2 Å². The Morgan fingerprint density at radius 1 is 0.392 bits per heavy atom. The van der Waals surface area contributed by atoms with Crippen LogP contribution in [-0.4, -0.2) is 72.8 Å². The molecule has 0 unspecified atom stereocenters. The number of hydrogen-bond donors (Lipinski definition) is 2. The molecule has 11 rings (SSSR count). The van der Waals surface area contributed by atoms with Gasteiger partial charge in [0.05, 0.1) is 33.6 Å². The molecule has 0 amide bonds. The SMILES string of the molecule is CC1(C)OB(B2OC(C)(C)C(C)(C)O2)OC1(C)C.Cc1ccc(-c2ccc(Cl)cc2C=O)c(C=O)c1.Cc1ccc2c(ccc3cc(B4OC(C)(C)C(C)(C)O4)ccc32)c1.Cc1ccc2c(ccc3cc(Cl)ccc32)c1.N=N.O.[HH]. The van der Waals surface area contributed by atoms with E-state index in [2.05, 4.69) is 126 Å². The van der Waals surface area contributed by atoms with E-state index in [1.807, 2.05) is 86.6 Å². The minimum Gasteiger partial charge on any atom is -0.412 e. The Bertz CT molecular complexity index is 3340. The molecule has 0 aliphatic carbocycles. The Balaban J connectivity index is 0.000000194. The number of halogens is 2. The number of rotatable bonds is 5. The standard InChI is InChI=1S/C21H23BO2.C15H11ClO2.C15H11Cl.C12H24B2O4.H2N2.H2O.H2/c1-14-6-10-18-15(12-14)7-8-16-13-17(9-11-19(16)18)22-23-20(2,3)21(4,5)24-22;1-10-2-4-14(11(6-10)8-17)15-5-3-13(16)7-12(15)9-18;1-10-2-6-14-11(8-10)3-4-12-9-13(16)5-7-15(12)14;1-9(2)10(3,4)16-13(15-9)14-17-11(5,6)12(7,8)18-14;1-2;;/h6-13H,1-5H3;2-9H,1H3;2-9H,1H3;1-8H3;1-2H;1H2;1H. The fourth-order valence-corrected chi connectivity index (χ4v) is 9.76. The third kappa shape index (κ3) is 13.4. The highest BCUT2D eigenvalue weighted by atomic mass is 35.5. The van der Waals surface area contributed by atoms with Crippen LogP contribution in [0.3, 0.4) is 0 Å². The number of nitrogens with one attached hydrogen (secondary N) is 2. The average molecular weight is 1110 g/mol. The van der Waals surface area contributed by atoms with Gasteiger partial charge in [0.25, 0.3) is 0 Å². The summed E-state index contributed by atoms with van der Waals surface area (Å²) in [6, 6.07) is 45.0. The van der Waals surface area contributed by atoms with Gasteiger partial charge in [-0.05, 0) is 194 Å². The van der Waals surface area contributed by atoms with Gasteiger partial charge in [-0.3, -0.25) is 9.59 Å². The van der Waals surface area contributed by atoms with Crippen LogP contribution >= 0.6 is 23.2 Å². The molecule has 3 aliphatic heterocycles. The first kappa shape index (κ1) is 62.4. The van der Waals surface area contributed by atoms with Gasteiger partial charge >= 0.3 is 21.1 Å². The van der Waals surface area contributed by atoms with Crippen LogP contribution in [0.4, 0.5) is 0 Å². The summed E-state index contributed by atoms with van der Waals surface area (Å²) in [6.45, 7) is 30.7. The lowest BCUT2D eigenvalue weighted by atomic mass is 9.49. The van der Waals surface area contributed by atoms with Crippen molar-refractivity contribution in [1.82, 2.24) is 0 Å². The molecule has 414 valence electrons. The largest absolute Gasteiger partial charge is 0.494 e. The molecule has 8 aromatic rings. The van der Waals surface area contributed by atoms with E-state index in [4.69, 9.17) is 62.2 Å². The highest BCUT2D eigenvalue weighted by molar-refractivity contribution is 7.11. The maximum Gasteiger partial charge on any atom is 0.494 e. The van der Waals surface area contributed by atoms with E-state index in [9.17, 15) is 9.59 Å². The van der Waals surface area contributed by atoms with Crippen molar-refractivity contribution in [3.8, 4) is 11.1 Å². The van der Waals surface area contributed by atoms with Crippen LogP contribution in [-0.2, 0) is 27.9 Å². The van der Waals surface area contributed by atoms with Gasteiger partial charge in [0.15, 0.2) is 12.6 Å². The van der Waals surface area contributed by atoms with E-state index in [0.717, 1.165) is 39.7 Å². The molecule has 11 nitrogen and oxygen atoms in total. The van der Waals surface area contributed by atoms with Gasteiger partial charge in [-0.2, -0.15) is 0 Å². The van der Waals surface area contributed by atoms with Crippen molar-refractivity contribution in [3.05, 3.63) is 171 Å². The van der Waals surface area contributed by atoms with Gasteiger partial charge < -0.3 is 33.4 Å². The van der Waals surface area contributed by atoms with Crippen LogP contribution in [0.5, 0.6) is 0 Å².